The van der Waals surface area contributed by atoms with E-state index in [1.54, 1.807) is 11.8 Å². The SMILES string of the molecule is C[C@@]12C(=CCCC1(OCCN1CCCC1)OCCN1CCCC1)CC[C@@H]1[C@@H]2CC[C@]2(C)[C@H](c3ccco3)CC[C@]12O. The van der Waals surface area contributed by atoms with Crippen LogP contribution in [0.25, 0.3) is 0 Å². The summed E-state index contributed by atoms with van der Waals surface area (Å²) in [7, 11) is 0. The number of furan rings is 1. The number of allylic oxidation sites excluding steroid dienone is 1. The highest BCUT2D eigenvalue weighted by Crippen LogP contribution is 2.71. The first-order valence-electron chi connectivity index (χ1n) is 17.1. The van der Waals surface area contributed by atoms with Gasteiger partial charge in [-0.3, -0.25) is 0 Å². The van der Waals surface area contributed by atoms with Gasteiger partial charge in [0.2, 0.25) is 0 Å². The van der Waals surface area contributed by atoms with Crippen LogP contribution in [-0.2, 0) is 9.47 Å². The quantitative estimate of drug-likeness (QED) is 0.277. The topological polar surface area (TPSA) is 58.3 Å². The molecule has 3 saturated carbocycles. The smallest absolute Gasteiger partial charge is 0.177 e. The van der Waals surface area contributed by atoms with E-state index in [1.807, 2.05) is 6.07 Å². The van der Waals surface area contributed by atoms with Gasteiger partial charge in [-0.1, -0.05) is 25.5 Å². The van der Waals surface area contributed by atoms with E-state index in [2.05, 4.69) is 35.8 Å². The Morgan fingerprint density at radius 3 is 2.20 bits per heavy atom. The summed E-state index contributed by atoms with van der Waals surface area (Å²) < 4.78 is 20.3. The van der Waals surface area contributed by atoms with Crippen molar-refractivity contribution in [2.45, 2.75) is 108 Å². The van der Waals surface area contributed by atoms with Gasteiger partial charge in [-0.05, 0) is 121 Å². The van der Waals surface area contributed by atoms with E-state index in [-0.39, 0.29) is 22.7 Å². The second kappa shape index (κ2) is 11.1. The molecule has 2 saturated heterocycles. The molecule has 3 heterocycles. The largest absolute Gasteiger partial charge is 0.469 e. The summed E-state index contributed by atoms with van der Waals surface area (Å²) >= 11 is 0. The lowest BCUT2D eigenvalue weighted by atomic mass is 9.44. The molecule has 0 unspecified atom stereocenters. The number of rotatable bonds is 9. The fourth-order valence-electron chi connectivity index (χ4n) is 10.9. The Morgan fingerprint density at radius 2 is 1.56 bits per heavy atom. The van der Waals surface area contributed by atoms with Crippen LogP contribution in [0.4, 0.5) is 0 Å². The monoisotopic (exact) mass is 566 g/mol. The predicted molar refractivity (Wildman–Crippen MR) is 161 cm³/mol. The van der Waals surface area contributed by atoms with Gasteiger partial charge in [0.15, 0.2) is 5.79 Å². The maximum absolute atomic E-state index is 12.8. The van der Waals surface area contributed by atoms with Crippen LogP contribution in [0.1, 0.15) is 103 Å². The molecule has 0 aromatic carbocycles. The molecular formula is C35H54N2O4. The molecule has 6 atom stereocenters. The Balaban J connectivity index is 1.18. The third-order valence-corrected chi connectivity index (χ3v) is 13.2. The highest BCUT2D eigenvalue weighted by molar-refractivity contribution is 5.32. The first-order valence-corrected chi connectivity index (χ1v) is 17.1. The first-order chi connectivity index (χ1) is 19.9. The van der Waals surface area contributed by atoms with E-state index in [4.69, 9.17) is 13.9 Å². The van der Waals surface area contributed by atoms with E-state index < -0.39 is 11.4 Å². The van der Waals surface area contributed by atoms with Crippen LogP contribution in [0, 0.1) is 22.7 Å². The Hall–Kier alpha value is -1.18. The van der Waals surface area contributed by atoms with E-state index in [0.29, 0.717) is 5.92 Å². The molecule has 1 aromatic rings. The lowest BCUT2D eigenvalue weighted by molar-refractivity contribution is -0.324. The van der Waals surface area contributed by atoms with Crippen molar-refractivity contribution < 1.29 is 19.0 Å². The third-order valence-electron chi connectivity index (χ3n) is 13.2. The van der Waals surface area contributed by atoms with Gasteiger partial charge in [-0.2, -0.15) is 0 Å². The molecule has 1 aromatic heterocycles. The summed E-state index contributed by atoms with van der Waals surface area (Å²) in [6.07, 6.45) is 17.6. The highest BCUT2D eigenvalue weighted by Gasteiger charge is 2.70. The van der Waals surface area contributed by atoms with Crippen molar-refractivity contribution in [3.63, 3.8) is 0 Å². The van der Waals surface area contributed by atoms with Crippen LogP contribution < -0.4 is 0 Å². The number of ether oxygens (including phenoxy) is 2. The molecule has 0 radical (unpaired) electrons. The zero-order valence-electron chi connectivity index (χ0n) is 25.7. The van der Waals surface area contributed by atoms with Gasteiger partial charge in [-0.15, -0.1) is 0 Å². The van der Waals surface area contributed by atoms with E-state index in [9.17, 15) is 5.11 Å². The van der Waals surface area contributed by atoms with Crippen molar-refractivity contribution in [2.75, 3.05) is 52.5 Å². The molecule has 1 N–H and O–H groups in total. The summed E-state index contributed by atoms with van der Waals surface area (Å²) in [4.78, 5) is 5.12. The van der Waals surface area contributed by atoms with Gasteiger partial charge in [0.05, 0.1) is 25.1 Å². The molecule has 6 heteroatoms. The Morgan fingerprint density at radius 1 is 0.878 bits per heavy atom. The number of likely N-dealkylation sites (tertiary alicyclic amines) is 2. The first kappa shape index (κ1) is 28.6. The molecule has 6 aliphatic rings. The summed E-state index contributed by atoms with van der Waals surface area (Å²) in [6.45, 7) is 13.1. The molecule has 41 heavy (non-hydrogen) atoms. The lowest BCUT2D eigenvalue weighted by Crippen LogP contribution is -2.66. The minimum atomic E-state index is -0.684. The molecular weight excluding hydrogens is 512 g/mol. The zero-order chi connectivity index (χ0) is 28.1. The van der Waals surface area contributed by atoms with Crippen molar-refractivity contribution in [1.82, 2.24) is 9.80 Å². The fourth-order valence-corrected chi connectivity index (χ4v) is 10.9. The number of hydrogen-bond donors (Lipinski definition) is 1. The second-order valence-electron chi connectivity index (χ2n) is 14.8. The highest BCUT2D eigenvalue weighted by atomic mass is 16.7. The average Bonchev–Trinajstić information content (AvgIpc) is 3.78. The standard InChI is InChI=1S/C35H54N2O4/c1-32-16-13-28-29(34(32,38)17-14-30(32)31-10-8-24-39-31)12-11-27-9-7-15-35(33(27,28)2,40-25-22-36-18-3-4-19-36)41-26-23-37-20-5-6-21-37/h8-10,24,28-30,38H,3-7,11-23,25-26H2,1-2H3/t28-,29+,30-,32+,33-,34-/m0/s1. The van der Waals surface area contributed by atoms with Crippen molar-refractivity contribution in [3.05, 3.63) is 35.8 Å². The van der Waals surface area contributed by atoms with Crippen molar-refractivity contribution >= 4 is 0 Å². The maximum Gasteiger partial charge on any atom is 0.177 e. The molecule has 5 fully saturated rings. The number of hydrogen-bond acceptors (Lipinski definition) is 6. The normalized spacial score (nSPS) is 40.8. The average molecular weight is 567 g/mol. The summed E-state index contributed by atoms with van der Waals surface area (Å²) in [5.41, 5.74) is 0.481. The van der Waals surface area contributed by atoms with E-state index in [1.165, 1.54) is 51.9 Å². The Bertz CT molecular complexity index is 1050. The Kier molecular flexibility index (Phi) is 7.72. The molecule has 228 valence electrons. The molecule has 6 nitrogen and oxygen atoms in total. The fraction of sp³-hybridized carbons (Fsp3) is 0.829. The van der Waals surface area contributed by atoms with Gasteiger partial charge >= 0.3 is 0 Å². The van der Waals surface area contributed by atoms with Gasteiger partial charge in [-0.25, -0.2) is 0 Å². The third kappa shape index (κ3) is 4.53. The molecule has 4 aliphatic carbocycles. The molecule has 7 rings (SSSR count). The van der Waals surface area contributed by atoms with Crippen molar-refractivity contribution in [2.24, 2.45) is 22.7 Å². The minimum Gasteiger partial charge on any atom is -0.469 e. The number of aliphatic hydroxyl groups is 1. The maximum atomic E-state index is 12.8. The van der Waals surface area contributed by atoms with Crippen LogP contribution in [0.5, 0.6) is 0 Å². The van der Waals surface area contributed by atoms with Crippen LogP contribution in [-0.4, -0.2) is 78.8 Å². The van der Waals surface area contributed by atoms with Crippen LogP contribution >= 0.6 is 0 Å². The van der Waals surface area contributed by atoms with Gasteiger partial charge < -0.3 is 28.8 Å². The Labute approximate surface area is 247 Å². The summed E-state index contributed by atoms with van der Waals surface area (Å²) in [5, 5.41) is 12.8. The summed E-state index contributed by atoms with van der Waals surface area (Å²) in [5.74, 6) is 1.34. The van der Waals surface area contributed by atoms with Crippen LogP contribution in [0.2, 0.25) is 0 Å². The van der Waals surface area contributed by atoms with Gasteiger partial charge in [0.1, 0.15) is 5.76 Å². The van der Waals surface area contributed by atoms with Crippen molar-refractivity contribution in [1.29, 1.82) is 0 Å². The number of nitrogens with zero attached hydrogens (tertiary/aromatic N) is 2. The van der Waals surface area contributed by atoms with Gasteiger partial charge in [0.25, 0.3) is 0 Å². The van der Waals surface area contributed by atoms with Crippen LogP contribution in [0.3, 0.4) is 0 Å². The van der Waals surface area contributed by atoms with E-state index >= 15 is 0 Å². The lowest BCUT2D eigenvalue weighted by Gasteiger charge is -2.65. The molecule has 2 aliphatic heterocycles. The molecule has 0 amide bonds. The molecule has 0 spiro atoms. The minimum absolute atomic E-state index is 0.159. The van der Waals surface area contributed by atoms with Crippen LogP contribution in [0.15, 0.2) is 34.5 Å². The predicted octanol–water partition coefficient (Wildman–Crippen LogP) is 6.36. The van der Waals surface area contributed by atoms with Crippen molar-refractivity contribution in [3.8, 4) is 0 Å². The van der Waals surface area contributed by atoms with E-state index in [0.717, 1.165) is 83.4 Å². The second-order valence-corrected chi connectivity index (χ2v) is 14.8. The molecule has 0 bridgehead atoms. The zero-order valence-corrected chi connectivity index (χ0v) is 25.7. The number of fused-ring (bicyclic) bond motifs is 5. The summed E-state index contributed by atoms with van der Waals surface area (Å²) in [6, 6.07) is 4.14. The van der Waals surface area contributed by atoms with Gasteiger partial charge in [0, 0.05) is 36.3 Å².